The average molecular weight is 464 g/mol. The second-order valence-electron chi connectivity index (χ2n) is 8.38. The van der Waals surface area contributed by atoms with Crippen LogP contribution < -0.4 is 0 Å². The summed E-state index contributed by atoms with van der Waals surface area (Å²) >= 11 is 0. The number of hydrogen-bond acceptors (Lipinski definition) is 5. The highest BCUT2D eigenvalue weighted by atomic mass is 19.4. The van der Waals surface area contributed by atoms with Gasteiger partial charge in [0.15, 0.2) is 0 Å². The molecule has 0 saturated carbocycles. The third-order valence-corrected chi connectivity index (χ3v) is 6.20. The first-order valence-electron chi connectivity index (χ1n) is 10.6. The van der Waals surface area contributed by atoms with Crippen molar-refractivity contribution in [3.05, 3.63) is 71.3 Å². The van der Waals surface area contributed by atoms with Crippen LogP contribution >= 0.6 is 0 Å². The Bertz CT molecular complexity index is 980. The molecule has 2 aliphatic rings. The van der Waals surface area contributed by atoms with Crippen LogP contribution in [0.1, 0.15) is 38.7 Å². The quantitative estimate of drug-likeness (QED) is 0.444. The summed E-state index contributed by atoms with van der Waals surface area (Å²) in [6.07, 6.45) is -2.19. The predicted molar refractivity (Wildman–Crippen MR) is 115 cm³/mol. The van der Waals surface area contributed by atoms with Crippen LogP contribution in [0.4, 0.5) is 13.2 Å². The third-order valence-electron chi connectivity index (χ3n) is 6.20. The van der Waals surface area contributed by atoms with Gasteiger partial charge in [0.05, 0.1) is 0 Å². The summed E-state index contributed by atoms with van der Waals surface area (Å²) in [5, 5.41) is 0. The monoisotopic (exact) mass is 464 g/mol. The summed E-state index contributed by atoms with van der Waals surface area (Å²) in [7, 11) is 0.828. The molecule has 8 heteroatoms. The minimum absolute atomic E-state index is 0.131. The number of allylic oxidation sites excluding steroid dienone is 1. The third kappa shape index (κ3) is 4.76. The van der Waals surface area contributed by atoms with Crippen LogP contribution in [0.15, 0.2) is 65.8 Å². The molecule has 0 unspecified atom stereocenters. The molecule has 33 heavy (non-hydrogen) atoms. The van der Waals surface area contributed by atoms with Gasteiger partial charge in [0, 0.05) is 24.2 Å². The van der Waals surface area contributed by atoms with Crippen LogP contribution in [0.5, 0.6) is 0 Å². The van der Waals surface area contributed by atoms with Crippen LogP contribution in [-0.4, -0.2) is 37.4 Å². The van der Waals surface area contributed by atoms with Crippen LogP contribution in [0.25, 0.3) is 0 Å². The lowest BCUT2D eigenvalue weighted by Gasteiger charge is -2.34. The summed E-state index contributed by atoms with van der Waals surface area (Å²) < 4.78 is 58.4. The topological polar surface area (TPSA) is 61.8 Å². The Hall–Kier alpha value is -2.87. The van der Waals surface area contributed by atoms with Crippen molar-refractivity contribution in [3.8, 4) is 0 Å². The van der Waals surface area contributed by atoms with Gasteiger partial charge in [-0.25, -0.2) is 9.59 Å². The van der Waals surface area contributed by atoms with Crippen LogP contribution in [-0.2, 0) is 29.4 Å². The van der Waals surface area contributed by atoms with Crippen molar-refractivity contribution in [2.45, 2.75) is 57.1 Å². The fraction of sp³-hybridized carbons (Fsp3) is 0.440. The second kappa shape index (κ2) is 9.55. The normalized spacial score (nSPS) is 26.8. The van der Waals surface area contributed by atoms with Gasteiger partial charge < -0.3 is 14.2 Å². The van der Waals surface area contributed by atoms with Crippen LogP contribution in [0, 0.1) is 5.92 Å². The zero-order valence-corrected chi connectivity index (χ0v) is 18.8. The molecule has 1 aliphatic heterocycles. The Kier molecular flexibility index (Phi) is 7.17. The molecule has 0 N–H and O–H groups in total. The molecule has 1 aliphatic carbocycles. The minimum atomic E-state index is -5.07. The van der Waals surface area contributed by atoms with Gasteiger partial charge in [0.25, 0.3) is 5.60 Å². The van der Waals surface area contributed by atoms with Gasteiger partial charge in [-0.15, -0.1) is 0 Å². The average Bonchev–Trinajstić information content (AvgIpc) is 3.10. The number of rotatable bonds is 5. The smallest absolute Gasteiger partial charge is 0.432 e. The first-order chi connectivity index (χ1) is 15.5. The van der Waals surface area contributed by atoms with E-state index < -0.39 is 35.9 Å². The highest BCUT2D eigenvalue weighted by Crippen LogP contribution is 2.44. The van der Waals surface area contributed by atoms with E-state index in [4.69, 9.17) is 14.2 Å². The molecule has 0 saturated heterocycles. The Morgan fingerprint density at radius 3 is 2.45 bits per heavy atom. The number of fused-ring (bicyclic) bond motifs is 1. The van der Waals surface area contributed by atoms with Gasteiger partial charge in [0.1, 0.15) is 12.2 Å². The number of methoxy groups -OCH3 is 1. The Morgan fingerprint density at radius 2 is 1.88 bits per heavy atom. The van der Waals surface area contributed by atoms with Crippen LogP contribution in [0.2, 0.25) is 0 Å². The van der Waals surface area contributed by atoms with Crippen LogP contribution in [0.3, 0.4) is 0 Å². The molecule has 1 heterocycles. The van der Waals surface area contributed by atoms with Gasteiger partial charge in [-0.3, -0.25) is 0 Å². The number of hydrogen-bond donors (Lipinski definition) is 0. The number of halogens is 3. The van der Waals surface area contributed by atoms with E-state index >= 15 is 0 Å². The van der Waals surface area contributed by atoms with Crippen molar-refractivity contribution in [2.75, 3.05) is 7.11 Å². The maximum Gasteiger partial charge on any atom is 0.432 e. The molecule has 4 atom stereocenters. The zero-order chi connectivity index (χ0) is 24.4. The van der Waals surface area contributed by atoms with Gasteiger partial charge in [-0.1, -0.05) is 48.6 Å². The molecule has 5 nitrogen and oxygen atoms in total. The molecule has 0 fully saturated rings. The molecule has 0 amide bonds. The van der Waals surface area contributed by atoms with E-state index in [-0.39, 0.29) is 24.3 Å². The standard InChI is InChI=1S/C25H27F3O5/c1-15(2)19-12-10-16(3)20(13-11-17-14-21(19)32-22(17)29)33-23(30)24(31-4,25(26,27)28)18-8-6-5-7-9-18/h5-10,14,19-21H,1,11-13H2,2-4H3/b16-10+/t19-,20+,21-,24-/m1/s1. The summed E-state index contributed by atoms with van der Waals surface area (Å²) in [4.78, 5) is 25.4. The first kappa shape index (κ1) is 24.8. The second-order valence-corrected chi connectivity index (χ2v) is 8.38. The van der Waals surface area contributed by atoms with Crippen molar-refractivity contribution in [1.29, 1.82) is 0 Å². The molecule has 3 rings (SSSR count). The summed E-state index contributed by atoms with van der Waals surface area (Å²) in [6, 6.07) is 6.67. The summed E-state index contributed by atoms with van der Waals surface area (Å²) in [5.74, 6) is -2.22. The number of ether oxygens (including phenoxy) is 3. The largest absolute Gasteiger partial charge is 0.455 e. The zero-order valence-electron chi connectivity index (χ0n) is 18.8. The predicted octanol–water partition coefficient (Wildman–Crippen LogP) is 5.18. The molecule has 0 radical (unpaired) electrons. The van der Waals surface area contributed by atoms with Gasteiger partial charge in [-0.2, -0.15) is 13.2 Å². The molecule has 178 valence electrons. The maximum absolute atomic E-state index is 14.2. The SMILES string of the molecule is C=C(C)[C@H]1C/C=C(\C)[C@@H](OC(=O)[C@](OC)(c2ccccc2)C(F)(F)F)CCC2=C[C@H]1OC2=O. The lowest BCUT2D eigenvalue weighted by atomic mass is 9.88. The fourth-order valence-electron chi connectivity index (χ4n) is 4.21. The van der Waals surface area contributed by atoms with E-state index in [0.717, 1.165) is 12.7 Å². The van der Waals surface area contributed by atoms with Crippen molar-refractivity contribution in [1.82, 2.24) is 0 Å². The number of alkyl halides is 3. The molecule has 2 bridgehead atoms. The molecule has 0 aromatic heterocycles. The lowest BCUT2D eigenvalue weighted by Crippen LogP contribution is -2.52. The summed E-state index contributed by atoms with van der Waals surface area (Å²) in [5.41, 5.74) is -1.84. The van der Waals surface area contributed by atoms with E-state index in [1.807, 2.05) is 6.92 Å². The molecule has 0 spiro atoms. The Labute approximate surface area is 190 Å². The number of esters is 2. The van der Waals surface area contributed by atoms with Crippen molar-refractivity contribution >= 4 is 11.9 Å². The Balaban J connectivity index is 1.95. The minimum Gasteiger partial charge on any atom is -0.455 e. The van der Waals surface area contributed by atoms with Crippen molar-refractivity contribution in [2.24, 2.45) is 5.92 Å². The van der Waals surface area contributed by atoms with Gasteiger partial charge in [-0.05, 0) is 44.8 Å². The fourth-order valence-corrected chi connectivity index (χ4v) is 4.21. The number of carbonyl (C=O) groups excluding carboxylic acids is 2. The molecular weight excluding hydrogens is 437 g/mol. The Morgan fingerprint density at radius 1 is 1.21 bits per heavy atom. The van der Waals surface area contributed by atoms with E-state index in [1.165, 1.54) is 24.3 Å². The summed E-state index contributed by atoms with van der Waals surface area (Å²) in [6.45, 7) is 7.49. The van der Waals surface area contributed by atoms with Crippen molar-refractivity contribution < 1.29 is 37.0 Å². The van der Waals surface area contributed by atoms with E-state index in [9.17, 15) is 22.8 Å². The highest BCUT2D eigenvalue weighted by molar-refractivity contribution is 5.91. The van der Waals surface area contributed by atoms with Crippen molar-refractivity contribution in [3.63, 3.8) is 0 Å². The van der Waals surface area contributed by atoms with Gasteiger partial charge in [0.2, 0.25) is 0 Å². The van der Waals surface area contributed by atoms with E-state index in [1.54, 1.807) is 25.1 Å². The van der Waals surface area contributed by atoms with Gasteiger partial charge >= 0.3 is 18.1 Å². The lowest BCUT2D eigenvalue weighted by molar-refractivity contribution is -0.277. The highest BCUT2D eigenvalue weighted by Gasteiger charge is 2.64. The molecular formula is C25H27F3O5. The molecule has 1 aromatic carbocycles. The first-order valence-corrected chi connectivity index (χ1v) is 10.6. The molecule has 1 aromatic rings. The maximum atomic E-state index is 14.2. The number of carbonyl (C=O) groups is 2. The van der Waals surface area contributed by atoms with E-state index in [0.29, 0.717) is 17.6 Å². The van der Waals surface area contributed by atoms with E-state index in [2.05, 4.69) is 6.58 Å². The number of benzene rings is 1.